The molecule has 0 saturated carbocycles. The average Bonchev–Trinajstić information content (AvgIpc) is 3.07. The monoisotopic (exact) mass is 407 g/mol. The number of nitrogens with zero attached hydrogens (tertiary/aromatic N) is 1. The fourth-order valence-electron chi connectivity index (χ4n) is 4.73. The highest BCUT2D eigenvalue weighted by Crippen LogP contribution is 2.40. The Morgan fingerprint density at radius 2 is 1.26 bits per heavy atom. The number of anilines is 3. The lowest BCUT2D eigenvalue weighted by Crippen LogP contribution is -2.55. The molecular weight excluding hydrogens is 393 g/mol. The molecule has 4 aromatic carbocycles. The molecule has 0 saturated heterocycles. The fraction of sp³-hybridized carbons (Fsp3) is 0. The molecule has 0 fully saturated rings. The molecule has 3 heteroatoms. The van der Waals surface area contributed by atoms with E-state index in [1.807, 2.05) is 0 Å². The molecular formula is C24H15BBrN. The van der Waals surface area contributed by atoms with Crippen LogP contribution in [0.5, 0.6) is 0 Å². The topological polar surface area (TPSA) is 3.24 Å². The van der Waals surface area contributed by atoms with Crippen molar-refractivity contribution in [3.8, 4) is 11.1 Å². The van der Waals surface area contributed by atoms with Crippen LogP contribution >= 0.6 is 15.9 Å². The van der Waals surface area contributed by atoms with Crippen LogP contribution in [0.2, 0.25) is 0 Å². The second kappa shape index (κ2) is 5.61. The van der Waals surface area contributed by atoms with Gasteiger partial charge < -0.3 is 4.90 Å². The van der Waals surface area contributed by atoms with Crippen LogP contribution in [0.4, 0.5) is 17.1 Å². The Hall–Kier alpha value is -2.78. The van der Waals surface area contributed by atoms with Crippen molar-refractivity contribution >= 4 is 56.1 Å². The van der Waals surface area contributed by atoms with Gasteiger partial charge in [-0.25, -0.2) is 0 Å². The van der Waals surface area contributed by atoms with Crippen LogP contribution in [0.3, 0.4) is 0 Å². The van der Waals surface area contributed by atoms with Gasteiger partial charge in [-0.15, -0.1) is 0 Å². The van der Waals surface area contributed by atoms with Crippen molar-refractivity contribution in [3.05, 3.63) is 95.5 Å². The zero-order chi connectivity index (χ0) is 18.0. The maximum Gasteiger partial charge on any atom is 0.249 e. The second-order valence-corrected chi connectivity index (χ2v) is 7.96. The third-order valence-corrected chi connectivity index (χ3v) is 6.44. The van der Waals surface area contributed by atoms with Gasteiger partial charge in [-0.05, 0) is 57.8 Å². The van der Waals surface area contributed by atoms with E-state index >= 15 is 0 Å². The summed E-state index contributed by atoms with van der Waals surface area (Å²) in [6.07, 6.45) is 0. The first-order chi connectivity index (χ1) is 13.3. The minimum atomic E-state index is 0.276. The van der Waals surface area contributed by atoms with E-state index in [9.17, 15) is 0 Å². The van der Waals surface area contributed by atoms with Crippen molar-refractivity contribution in [2.75, 3.05) is 4.90 Å². The van der Waals surface area contributed by atoms with Crippen LogP contribution in [-0.4, -0.2) is 6.71 Å². The molecule has 4 aromatic rings. The lowest BCUT2D eigenvalue weighted by molar-refractivity contribution is 1.30. The molecule has 6 rings (SSSR count). The van der Waals surface area contributed by atoms with Crippen molar-refractivity contribution in [1.82, 2.24) is 0 Å². The molecule has 0 aromatic heterocycles. The highest BCUT2D eigenvalue weighted by Gasteiger charge is 2.42. The lowest BCUT2D eigenvalue weighted by Gasteiger charge is -2.35. The highest BCUT2D eigenvalue weighted by atomic mass is 79.9. The maximum absolute atomic E-state index is 3.83. The van der Waals surface area contributed by atoms with Crippen LogP contribution in [-0.2, 0) is 0 Å². The number of rotatable bonds is 1. The maximum atomic E-state index is 3.83. The molecule has 2 heterocycles. The Kier molecular flexibility index (Phi) is 3.18. The third kappa shape index (κ3) is 2.01. The van der Waals surface area contributed by atoms with Gasteiger partial charge in [0, 0.05) is 21.5 Å². The number of benzene rings is 4. The lowest BCUT2D eigenvalue weighted by atomic mass is 9.37. The number of hydrogen-bond donors (Lipinski definition) is 0. The first-order valence-corrected chi connectivity index (χ1v) is 9.99. The summed E-state index contributed by atoms with van der Waals surface area (Å²) >= 11 is 3.83. The van der Waals surface area contributed by atoms with E-state index in [0.29, 0.717) is 0 Å². The zero-order valence-corrected chi connectivity index (χ0v) is 16.1. The predicted molar refractivity (Wildman–Crippen MR) is 119 cm³/mol. The van der Waals surface area contributed by atoms with Gasteiger partial charge in [-0.3, -0.25) is 0 Å². The SMILES string of the molecule is Brc1cccc2c1B1c3ccccc3N(c3ccccc3)c3cccc-2c31. The predicted octanol–water partition coefficient (Wildman–Crippen LogP) is 4.73. The van der Waals surface area contributed by atoms with Crippen LogP contribution < -0.4 is 21.3 Å². The summed E-state index contributed by atoms with van der Waals surface area (Å²) in [5.41, 5.74) is 10.6. The van der Waals surface area contributed by atoms with E-state index in [1.54, 1.807) is 0 Å². The Morgan fingerprint density at radius 1 is 0.593 bits per heavy atom. The summed E-state index contributed by atoms with van der Waals surface area (Å²) in [6.45, 7) is 0.276. The van der Waals surface area contributed by atoms with Crippen LogP contribution in [0.15, 0.2) is 95.5 Å². The largest absolute Gasteiger partial charge is 0.312 e. The van der Waals surface area contributed by atoms with E-state index < -0.39 is 0 Å². The van der Waals surface area contributed by atoms with Crippen molar-refractivity contribution in [2.45, 2.75) is 0 Å². The van der Waals surface area contributed by atoms with Crippen LogP contribution in [0.25, 0.3) is 11.1 Å². The molecule has 2 aliphatic heterocycles. The minimum absolute atomic E-state index is 0.276. The normalized spacial score (nSPS) is 13.2. The summed E-state index contributed by atoms with van der Waals surface area (Å²) in [7, 11) is 0. The Balaban J connectivity index is 1.74. The number of para-hydroxylation sites is 2. The van der Waals surface area contributed by atoms with Gasteiger partial charge in [0.25, 0.3) is 0 Å². The van der Waals surface area contributed by atoms with Crippen molar-refractivity contribution < 1.29 is 0 Å². The first kappa shape index (κ1) is 15.3. The molecule has 0 bridgehead atoms. The molecule has 126 valence electrons. The average molecular weight is 408 g/mol. The Bertz CT molecular complexity index is 1200. The smallest absolute Gasteiger partial charge is 0.249 e. The number of hydrogen-bond acceptors (Lipinski definition) is 1. The Morgan fingerprint density at radius 3 is 2.11 bits per heavy atom. The van der Waals surface area contributed by atoms with Gasteiger partial charge in [-0.1, -0.05) is 76.6 Å². The molecule has 0 aliphatic carbocycles. The third-order valence-electron chi connectivity index (χ3n) is 5.75. The van der Waals surface area contributed by atoms with E-state index in [0.717, 1.165) is 0 Å². The number of halogens is 1. The van der Waals surface area contributed by atoms with E-state index in [-0.39, 0.29) is 6.71 Å². The van der Waals surface area contributed by atoms with Gasteiger partial charge in [-0.2, -0.15) is 0 Å². The molecule has 0 spiro atoms. The van der Waals surface area contributed by atoms with E-state index in [1.165, 1.54) is 49.1 Å². The molecule has 0 unspecified atom stereocenters. The Labute approximate surface area is 167 Å². The summed E-state index contributed by atoms with van der Waals surface area (Å²) in [5, 5.41) is 0. The molecule has 1 nitrogen and oxygen atoms in total. The standard InChI is InChI=1S/C24H15BBrN/c26-20-13-6-10-17-18-11-7-15-22-24(18)25(23(17)20)19-12-4-5-14-21(19)27(22)16-8-2-1-3-9-16/h1-15H. The van der Waals surface area contributed by atoms with Gasteiger partial charge in [0.15, 0.2) is 0 Å². The van der Waals surface area contributed by atoms with E-state index in [4.69, 9.17) is 0 Å². The van der Waals surface area contributed by atoms with Gasteiger partial charge in [0.2, 0.25) is 6.71 Å². The van der Waals surface area contributed by atoms with Crippen LogP contribution in [0, 0.1) is 0 Å². The fourth-order valence-corrected chi connectivity index (χ4v) is 5.32. The first-order valence-electron chi connectivity index (χ1n) is 9.20. The van der Waals surface area contributed by atoms with Crippen molar-refractivity contribution in [1.29, 1.82) is 0 Å². The molecule has 0 radical (unpaired) electrons. The van der Waals surface area contributed by atoms with E-state index in [2.05, 4.69) is 112 Å². The van der Waals surface area contributed by atoms with Gasteiger partial charge >= 0.3 is 0 Å². The van der Waals surface area contributed by atoms with Crippen molar-refractivity contribution in [2.24, 2.45) is 0 Å². The second-order valence-electron chi connectivity index (χ2n) is 7.10. The zero-order valence-electron chi connectivity index (χ0n) is 14.6. The molecule has 27 heavy (non-hydrogen) atoms. The summed E-state index contributed by atoms with van der Waals surface area (Å²) < 4.78 is 1.19. The van der Waals surface area contributed by atoms with Crippen LogP contribution in [0.1, 0.15) is 0 Å². The number of fused-ring (bicyclic) bond motifs is 5. The highest BCUT2D eigenvalue weighted by molar-refractivity contribution is 9.10. The van der Waals surface area contributed by atoms with Gasteiger partial charge in [0.1, 0.15) is 0 Å². The molecule has 0 amide bonds. The summed E-state index contributed by atoms with van der Waals surface area (Å²) in [6, 6.07) is 32.8. The summed E-state index contributed by atoms with van der Waals surface area (Å²) in [4.78, 5) is 2.41. The minimum Gasteiger partial charge on any atom is -0.312 e. The van der Waals surface area contributed by atoms with Gasteiger partial charge in [0.05, 0.1) is 0 Å². The molecule has 0 atom stereocenters. The summed E-state index contributed by atoms with van der Waals surface area (Å²) in [5.74, 6) is 0. The molecule has 2 aliphatic rings. The van der Waals surface area contributed by atoms with Crippen molar-refractivity contribution in [3.63, 3.8) is 0 Å². The quantitative estimate of drug-likeness (QED) is 0.356. The molecule has 0 N–H and O–H groups in total.